The van der Waals surface area contributed by atoms with E-state index >= 15 is 0 Å². The molecule has 0 spiro atoms. The topological polar surface area (TPSA) is 136 Å². The molecular weight excluding hydrogens is 688 g/mol. The van der Waals surface area contributed by atoms with E-state index in [2.05, 4.69) is 47.0 Å². The number of nitrogens with one attached hydrogen (secondary N) is 4. The molecule has 53 heavy (non-hydrogen) atoms. The average Bonchev–Trinajstić information content (AvgIpc) is 3.61. The van der Waals surface area contributed by atoms with Gasteiger partial charge in [-0.2, -0.15) is 13.2 Å². The van der Waals surface area contributed by atoms with Crippen molar-refractivity contribution < 1.29 is 32.1 Å². The van der Waals surface area contributed by atoms with Gasteiger partial charge in [0.05, 0.1) is 34.9 Å². The minimum absolute atomic E-state index is 0.000567. The van der Waals surface area contributed by atoms with Gasteiger partial charge in [-0.3, -0.25) is 14.2 Å². The Kier molecular flexibility index (Phi) is 9.20. The number of anilines is 2. The fourth-order valence-electron chi connectivity index (χ4n) is 8.84. The van der Waals surface area contributed by atoms with Crippen molar-refractivity contribution in [2.45, 2.75) is 109 Å². The molecule has 8 rings (SSSR count). The second-order valence-corrected chi connectivity index (χ2v) is 16.2. The lowest BCUT2D eigenvalue weighted by molar-refractivity contribution is -0.185. The van der Waals surface area contributed by atoms with Gasteiger partial charge in [0.2, 0.25) is 5.91 Å². The number of fused-ring (bicyclic) bond motifs is 1. The third-order valence-electron chi connectivity index (χ3n) is 12.1. The van der Waals surface area contributed by atoms with E-state index in [-0.39, 0.29) is 36.0 Å². The van der Waals surface area contributed by atoms with Crippen LogP contribution in [0.15, 0.2) is 59.5 Å². The molecule has 2 aromatic carbocycles. The minimum Gasteiger partial charge on any atom is -0.404 e. The third kappa shape index (κ3) is 6.71. The number of aromatic nitrogens is 2. The van der Waals surface area contributed by atoms with E-state index < -0.39 is 59.5 Å². The summed E-state index contributed by atoms with van der Waals surface area (Å²) in [5.74, 6) is 0.0660. The van der Waals surface area contributed by atoms with Crippen LogP contribution in [0.25, 0.3) is 0 Å². The van der Waals surface area contributed by atoms with Crippen LogP contribution in [0, 0.1) is 24.2 Å². The van der Waals surface area contributed by atoms with Crippen LogP contribution in [0.4, 0.5) is 29.3 Å². The summed E-state index contributed by atoms with van der Waals surface area (Å²) >= 11 is 0. The minimum atomic E-state index is -4.52. The average molecular weight is 735 g/mol. The van der Waals surface area contributed by atoms with Crippen LogP contribution in [-0.4, -0.2) is 46.3 Å². The van der Waals surface area contributed by atoms with Crippen molar-refractivity contribution >= 4 is 30.4 Å². The fourth-order valence-corrected chi connectivity index (χ4v) is 8.84. The number of halogens is 3. The number of hydrogen-bond acceptors (Lipinski definition) is 7. The Morgan fingerprint density at radius 3 is 2.51 bits per heavy atom. The van der Waals surface area contributed by atoms with E-state index in [1.54, 1.807) is 19.1 Å². The molecule has 4 N–H and O–H groups in total. The Morgan fingerprint density at radius 1 is 1.09 bits per heavy atom. The molecule has 282 valence electrons. The molecule has 1 aromatic heterocycles. The number of rotatable bonds is 9. The summed E-state index contributed by atoms with van der Waals surface area (Å²) in [6, 6.07) is 10.4. The highest BCUT2D eigenvalue weighted by Crippen LogP contribution is 2.64. The predicted octanol–water partition coefficient (Wildman–Crippen LogP) is 6.33. The number of alkyl halides is 3. The Labute approximate surface area is 307 Å². The van der Waals surface area contributed by atoms with Crippen LogP contribution in [0.5, 0.6) is 0 Å². The first-order valence-electron chi connectivity index (χ1n) is 18.2. The van der Waals surface area contributed by atoms with Crippen LogP contribution in [0.1, 0.15) is 88.9 Å². The highest BCUT2D eigenvalue weighted by molar-refractivity contribution is 6.47. The zero-order chi connectivity index (χ0) is 38.1. The maximum atomic E-state index is 14.3. The first-order valence-corrected chi connectivity index (χ1v) is 18.2. The van der Waals surface area contributed by atoms with E-state index in [1.807, 2.05) is 26.0 Å². The van der Waals surface area contributed by atoms with Crippen molar-refractivity contribution in [3.8, 4) is 0 Å². The summed E-state index contributed by atoms with van der Waals surface area (Å²) in [5.41, 5.74) is -1.10. The van der Waals surface area contributed by atoms with Gasteiger partial charge in [-0.05, 0) is 87.1 Å². The van der Waals surface area contributed by atoms with Crippen molar-refractivity contribution in [2.75, 3.05) is 10.6 Å². The maximum Gasteiger partial charge on any atom is 0.481 e. The predicted molar refractivity (Wildman–Crippen MR) is 194 cm³/mol. The van der Waals surface area contributed by atoms with Gasteiger partial charge in [0.15, 0.2) is 0 Å². The molecule has 0 radical (unpaired) electrons. The van der Waals surface area contributed by atoms with Crippen LogP contribution in [0.3, 0.4) is 0 Å². The van der Waals surface area contributed by atoms with E-state index in [4.69, 9.17) is 9.31 Å². The normalized spacial score (nSPS) is 28.7. The summed E-state index contributed by atoms with van der Waals surface area (Å²) in [5, 5.41) is 11.7. The van der Waals surface area contributed by atoms with Crippen molar-refractivity contribution in [1.29, 1.82) is 0 Å². The molecule has 5 aliphatic rings. The monoisotopic (exact) mass is 734 g/mol. The second-order valence-electron chi connectivity index (χ2n) is 16.2. The molecule has 3 heterocycles. The summed E-state index contributed by atoms with van der Waals surface area (Å²) < 4.78 is 54.5. The van der Waals surface area contributed by atoms with E-state index in [0.29, 0.717) is 29.5 Å². The Hall–Kier alpha value is -4.37. The Balaban J connectivity index is 1.14. The quantitative estimate of drug-likeness (QED) is 0.189. The van der Waals surface area contributed by atoms with Crippen molar-refractivity contribution in [2.24, 2.45) is 17.3 Å². The van der Waals surface area contributed by atoms with Gasteiger partial charge in [-0.25, -0.2) is 9.78 Å². The summed E-state index contributed by atoms with van der Waals surface area (Å²) in [6.07, 6.45) is -0.867. The first-order chi connectivity index (χ1) is 24.9. The largest absolute Gasteiger partial charge is 0.481 e. The lowest BCUT2D eigenvalue weighted by atomic mass is 9.45. The van der Waals surface area contributed by atoms with E-state index in [9.17, 15) is 27.6 Å². The lowest BCUT2D eigenvalue weighted by Crippen LogP contribution is -2.63. The summed E-state index contributed by atoms with van der Waals surface area (Å²) in [4.78, 5) is 46.4. The standard InChI is InChI=1S/C38H46BF3N6O5/c1-7-29(39-52-30-26-16-24(35(26,3)4)17-37(30,6)53-39)46-31(49)28-18-36(5,47-34(51)45-25-13-11-21(2)12-14-25)33-44-20-27(32(50)48(28)33)43-19-22-9-8-10-23(15-22)38(40,41)42/h8-15,20,24,26,28-30,43H,7,16-19H2,1-6H3,(H,46,49)(H2,45,47,51)/t24?,26?,28-,29-,30+,36+,37-/m0/s1. The van der Waals surface area contributed by atoms with Crippen molar-refractivity contribution in [3.05, 3.63) is 87.6 Å². The molecule has 1 saturated heterocycles. The molecule has 2 aliphatic heterocycles. The molecule has 2 bridgehead atoms. The van der Waals surface area contributed by atoms with Crippen LogP contribution >= 0.6 is 0 Å². The number of nitrogens with zero attached hydrogens (tertiary/aromatic N) is 2. The second kappa shape index (κ2) is 13.2. The number of aryl methyl sites for hydroxylation is 1. The van der Waals surface area contributed by atoms with Gasteiger partial charge in [-0.1, -0.05) is 50.6 Å². The molecule has 3 amide bonds. The van der Waals surface area contributed by atoms with Crippen LogP contribution in [0.2, 0.25) is 0 Å². The Bertz CT molecular complexity index is 1970. The van der Waals surface area contributed by atoms with Gasteiger partial charge in [-0.15, -0.1) is 0 Å². The summed E-state index contributed by atoms with van der Waals surface area (Å²) in [7, 11) is -0.685. The molecule has 11 nitrogen and oxygen atoms in total. The highest BCUT2D eigenvalue weighted by Gasteiger charge is 2.67. The van der Waals surface area contributed by atoms with Crippen molar-refractivity contribution in [3.63, 3.8) is 0 Å². The number of hydrogen-bond donors (Lipinski definition) is 4. The van der Waals surface area contributed by atoms with Crippen molar-refractivity contribution in [1.82, 2.24) is 20.2 Å². The number of urea groups is 1. The SMILES string of the molecule is CC[C@H](NC(=O)[C@@H]1C[C@@](C)(NC(=O)Nc2ccc(C)cc2)c2ncc(NCc3cccc(C(F)(F)F)c3)c(=O)n21)B1O[C@@H]2C3CC(C[C@]2(C)O1)C3(C)C. The van der Waals surface area contributed by atoms with E-state index in [1.165, 1.54) is 22.9 Å². The van der Waals surface area contributed by atoms with Crippen LogP contribution in [-0.2, 0) is 32.4 Å². The number of carbonyl (C=O) groups is 2. The maximum absolute atomic E-state index is 14.3. The van der Waals surface area contributed by atoms with Gasteiger partial charge in [0.1, 0.15) is 17.6 Å². The third-order valence-corrected chi connectivity index (χ3v) is 12.1. The molecule has 4 fully saturated rings. The zero-order valence-corrected chi connectivity index (χ0v) is 30.8. The number of amides is 3. The fraction of sp³-hybridized carbons (Fsp3) is 0.526. The number of benzene rings is 2. The van der Waals surface area contributed by atoms with Crippen LogP contribution < -0.4 is 26.8 Å². The molecule has 2 unspecified atom stereocenters. The molecule has 3 aliphatic carbocycles. The molecule has 3 aromatic rings. The van der Waals surface area contributed by atoms with Gasteiger partial charge in [0, 0.05) is 18.7 Å². The highest BCUT2D eigenvalue weighted by atomic mass is 19.4. The molecule has 15 heteroatoms. The Morgan fingerprint density at radius 2 is 1.83 bits per heavy atom. The smallest absolute Gasteiger partial charge is 0.404 e. The van der Waals surface area contributed by atoms with Gasteiger partial charge < -0.3 is 30.6 Å². The van der Waals surface area contributed by atoms with Gasteiger partial charge >= 0.3 is 19.3 Å². The van der Waals surface area contributed by atoms with E-state index in [0.717, 1.165) is 30.5 Å². The number of carbonyl (C=O) groups excluding carboxylic acids is 2. The molecular formula is C38H46BF3N6O5. The molecule has 7 atom stereocenters. The lowest BCUT2D eigenvalue weighted by Gasteiger charge is -2.63. The molecule has 3 saturated carbocycles. The van der Waals surface area contributed by atoms with Gasteiger partial charge in [0.25, 0.3) is 5.56 Å². The summed E-state index contributed by atoms with van der Waals surface area (Å²) in [6.45, 7) is 12.1. The zero-order valence-electron chi connectivity index (χ0n) is 30.8. The first kappa shape index (κ1) is 37.0.